The summed E-state index contributed by atoms with van der Waals surface area (Å²) in [5.74, 6) is -1.36. The standard InChI is InChI=1S/C27H32N2O5/c1-27(2,25(31)32)16-28-24(30)17-8-7-9-18(14-17)29-26(33)34-15-23-21-12-5-3-10-19(21)20-11-4-6-13-22(20)23/h3-6,10-13,17-18,23H,7-9,14-16H2,1-2H3,(H,28,30)(H,29,33)(H,31,32)/t17-,18+/m0/s1. The number of carbonyl (C=O) groups is 3. The molecule has 0 aliphatic heterocycles. The van der Waals surface area contributed by atoms with E-state index in [1.165, 1.54) is 11.1 Å². The maximum absolute atomic E-state index is 12.6. The molecule has 0 saturated heterocycles. The minimum atomic E-state index is -1.02. The third-order valence-electron chi connectivity index (χ3n) is 6.99. The van der Waals surface area contributed by atoms with E-state index in [0.29, 0.717) is 6.42 Å². The first-order valence-corrected chi connectivity index (χ1v) is 11.9. The van der Waals surface area contributed by atoms with Crippen LogP contribution in [0.25, 0.3) is 11.1 Å². The van der Waals surface area contributed by atoms with Crippen LogP contribution in [0.5, 0.6) is 0 Å². The van der Waals surface area contributed by atoms with Crippen molar-refractivity contribution >= 4 is 18.0 Å². The maximum Gasteiger partial charge on any atom is 0.407 e. The number of carbonyl (C=O) groups excluding carboxylic acids is 2. The number of hydrogen-bond donors (Lipinski definition) is 3. The Kier molecular flexibility index (Phi) is 6.91. The highest BCUT2D eigenvalue weighted by Crippen LogP contribution is 2.44. The van der Waals surface area contributed by atoms with Crippen LogP contribution in [0.2, 0.25) is 0 Å². The molecule has 0 heterocycles. The summed E-state index contributed by atoms with van der Waals surface area (Å²) >= 11 is 0. The molecule has 0 bridgehead atoms. The fourth-order valence-electron chi connectivity index (χ4n) is 4.89. The molecule has 1 fully saturated rings. The highest BCUT2D eigenvalue weighted by molar-refractivity contribution is 5.81. The summed E-state index contributed by atoms with van der Waals surface area (Å²) < 4.78 is 5.64. The summed E-state index contributed by atoms with van der Waals surface area (Å²) in [7, 11) is 0. The van der Waals surface area contributed by atoms with Crippen LogP contribution in [0.3, 0.4) is 0 Å². The topological polar surface area (TPSA) is 105 Å². The van der Waals surface area contributed by atoms with Crippen LogP contribution >= 0.6 is 0 Å². The Hall–Kier alpha value is -3.35. The molecule has 180 valence electrons. The molecule has 1 saturated carbocycles. The van der Waals surface area contributed by atoms with Gasteiger partial charge in [0.1, 0.15) is 6.61 Å². The molecule has 4 rings (SSSR count). The first-order chi connectivity index (χ1) is 16.3. The lowest BCUT2D eigenvalue weighted by molar-refractivity contribution is -0.147. The van der Waals surface area contributed by atoms with Crippen molar-refractivity contribution in [2.45, 2.75) is 51.5 Å². The summed E-state index contributed by atoms with van der Waals surface area (Å²) in [5, 5.41) is 14.9. The minimum absolute atomic E-state index is 0.000576. The molecule has 2 aromatic rings. The molecule has 3 N–H and O–H groups in total. The van der Waals surface area contributed by atoms with Gasteiger partial charge in [0.15, 0.2) is 0 Å². The summed E-state index contributed by atoms with van der Waals surface area (Å²) in [4.78, 5) is 36.4. The second-order valence-corrected chi connectivity index (χ2v) is 9.94. The normalized spacial score (nSPS) is 19.6. The maximum atomic E-state index is 12.6. The van der Waals surface area contributed by atoms with Crippen LogP contribution in [-0.2, 0) is 14.3 Å². The fraction of sp³-hybridized carbons (Fsp3) is 0.444. The third-order valence-corrected chi connectivity index (χ3v) is 6.99. The van der Waals surface area contributed by atoms with Gasteiger partial charge in [-0.1, -0.05) is 55.0 Å². The second kappa shape index (κ2) is 9.87. The lowest BCUT2D eigenvalue weighted by Gasteiger charge is -2.30. The molecular formula is C27H32N2O5. The smallest absolute Gasteiger partial charge is 0.407 e. The van der Waals surface area contributed by atoms with Gasteiger partial charge < -0.3 is 20.5 Å². The van der Waals surface area contributed by atoms with Crippen molar-refractivity contribution in [1.29, 1.82) is 0 Å². The van der Waals surface area contributed by atoms with Gasteiger partial charge >= 0.3 is 12.1 Å². The number of fused-ring (bicyclic) bond motifs is 3. The lowest BCUT2D eigenvalue weighted by atomic mass is 9.84. The average molecular weight is 465 g/mol. The zero-order valence-corrected chi connectivity index (χ0v) is 19.7. The van der Waals surface area contributed by atoms with Crippen LogP contribution in [0.4, 0.5) is 4.79 Å². The van der Waals surface area contributed by atoms with Gasteiger partial charge in [0.25, 0.3) is 0 Å². The van der Waals surface area contributed by atoms with Crippen molar-refractivity contribution in [1.82, 2.24) is 10.6 Å². The van der Waals surface area contributed by atoms with Crippen LogP contribution in [-0.4, -0.2) is 42.3 Å². The van der Waals surface area contributed by atoms with Gasteiger partial charge in [0.2, 0.25) is 5.91 Å². The van der Waals surface area contributed by atoms with E-state index in [1.54, 1.807) is 13.8 Å². The quantitative estimate of drug-likeness (QED) is 0.566. The monoisotopic (exact) mass is 464 g/mol. The molecule has 2 atom stereocenters. The Morgan fingerprint density at radius 3 is 2.24 bits per heavy atom. The highest BCUT2D eigenvalue weighted by atomic mass is 16.5. The number of aliphatic carboxylic acids is 1. The predicted molar refractivity (Wildman–Crippen MR) is 128 cm³/mol. The van der Waals surface area contributed by atoms with Gasteiger partial charge in [-0.15, -0.1) is 0 Å². The summed E-state index contributed by atoms with van der Waals surface area (Å²) in [6.07, 6.45) is 2.37. The van der Waals surface area contributed by atoms with Crippen LogP contribution in [0.1, 0.15) is 56.6 Å². The molecule has 2 aliphatic rings. The van der Waals surface area contributed by atoms with Crippen molar-refractivity contribution < 1.29 is 24.2 Å². The van der Waals surface area contributed by atoms with Gasteiger partial charge in [0, 0.05) is 24.4 Å². The predicted octanol–water partition coefficient (Wildman–Crippen LogP) is 4.31. The first-order valence-electron chi connectivity index (χ1n) is 11.9. The zero-order chi connectivity index (χ0) is 24.3. The van der Waals surface area contributed by atoms with Crippen LogP contribution < -0.4 is 10.6 Å². The van der Waals surface area contributed by atoms with Crippen LogP contribution in [0.15, 0.2) is 48.5 Å². The number of nitrogens with one attached hydrogen (secondary N) is 2. The Morgan fingerprint density at radius 1 is 1.00 bits per heavy atom. The zero-order valence-electron chi connectivity index (χ0n) is 19.7. The number of alkyl carbamates (subject to hydrolysis) is 1. The van der Waals surface area contributed by atoms with Gasteiger partial charge in [0.05, 0.1) is 5.41 Å². The molecule has 0 aromatic heterocycles. The molecular weight excluding hydrogens is 432 g/mol. The highest BCUT2D eigenvalue weighted by Gasteiger charge is 2.33. The van der Waals surface area contributed by atoms with Crippen molar-refractivity contribution in [3.05, 3.63) is 59.7 Å². The summed E-state index contributed by atoms with van der Waals surface area (Å²) in [5.41, 5.74) is 3.66. The van der Waals surface area contributed by atoms with Crippen molar-refractivity contribution in [3.63, 3.8) is 0 Å². The number of carboxylic acid groups (broad SMARTS) is 1. The SMILES string of the molecule is CC(C)(CNC(=O)[C@H]1CCC[C@@H](NC(=O)OCC2c3ccccc3-c3ccccc32)C1)C(=O)O. The molecule has 34 heavy (non-hydrogen) atoms. The van der Waals surface area contributed by atoms with Crippen molar-refractivity contribution in [3.8, 4) is 11.1 Å². The van der Waals surface area contributed by atoms with Crippen molar-refractivity contribution in [2.75, 3.05) is 13.2 Å². The van der Waals surface area contributed by atoms with E-state index in [0.717, 1.165) is 30.4 Å². The van der Waals surface area contributed by atoms with Crippen LogP contribution in [0, 0.1) is 11.3 Å². The number of carboxylic acids is 1. The largest absolute Gasteiger partial charge is 0.481 e. The molecule has 7 nitrogen and oxygen atoms in total. The summed E-state index contributed by atoms with van der Waals surface area (Å²) in [6, 6.07) is 16.2. The molecule has 2 aromatic carbocycles. The molecule has 0 radical (unpaired) electrons. The molecule has 0 unspecified atom stereocenters. The van der Waals surface area contributed by atoms with E-state index in [2.05, 4.69) is 34.9 Å². The van der Waals surface area contributed by atoms with Gasteiger partial charge in [-0.2, -0.15) is 0 Å². The van der Waals surface area contributed by atoms with Gasteiger partial charge in [-0.3, -0.25) is 9.59 Å². The molecule has 2 aliphatic carbocycles. The lowest BCUT2D eigenvalue weighted by Crippen LogP contribution is -2.45. The Balaban J connectivity index is 1.30. The summed E-state index contributed by atoms with van der Waals surface area (Å²) in [6.45, 7) is 3.49. The van der Waals surface area contributed by atoms with E-state index < -0.39 is 17.5 Å². The average Bonchev–Trinajstić information content (AvgIpc) is 3.15. The Bertz CT molecular complexity index is 1030. The number of benzene rings is 2. The molecule has 7 heteroatoms. The van der Waals surface area contributed by atoms with E-state index in [-0.39, 0.29) is 36.9 Å². The van der Waals surface area contributed by atoms with E-state index in [1.807, 2.05) is 24.3 Å². The molecule has 2 amide bonds. The van der Waals surface area contributed by atoms with Crippen molar-refractivity contribution in [2.24, 2.45) is 11.3 Å². The third kappa shape index (κ3) is 5.08. The van der Waals surface area contributed by atoms with Gasteiger partial charge in [-0.25, -0.2) is 4.79 Å². The number of ether oxygens (including phenoxy) is 1. The number of rotatable bonds is 7. The fourth-order valence-corrected chi connectivity index (χ4v) is 4.89. The van der Waals surface area contributed by atoms with E-state index in [9.17, 15) is 19.5 Å². The first kappa shape index (κ1) is 23.8. The number of amides is 2. The van der Waals surface area contributed by atoms with Gasteiger partial charge in [-0.05, 0) is 55.4 Å². The second-order valence-electron chi connectivity index (χ2n) is 9.94. The Labute approximate surface area is 199 Å². The number of hydrogen-bond acceptors (Lipinski definition) is 4. The van der Waals surface area contributed by atoms with E-state index >= 15 is 0 Å². The molecule has 0 spiro atoms. The minimum Gasteiger partial charge on any atom is -0.481 e. The Morgan fingerprint density at radius 2 is 1.62 bits per heavy atom. The van der Waals surface area contributed by atoms with E-state index in [4.69, 9.17) is 4.74 Å².